The first-order chi connectivity index (χ1) is 11.6. The summed E-state index contributed by atoms with van der Waals surface area (Å²) in [6, 6.07) is 4.50. The van der Waals surface area contributed by atoms with Crippen LogP contribution in [0.3, 0.4) is 0 Å². The van der Waals surface area contributed by atoms with E-state index in [1.807, 2.05) is 12.1 Å². The number of carbonyl (C=O) groups excluding carboxylic acids is 1. The van der Waals surface area contributed by atoms with Crippen LogP contribution in [0.1, 0.15) is 35.3 Å². The summed E-state index contributed by atoms with van der Waals surface area (Å²) >= 11 is 2.86. The van der Waals surface area contributed by atoms with Crippen molar-refractivity contribution >= 4 is 29.0 Å². The lowest BCUT2D eigenvalue weighted by molar-refractivity contribution is 0.0218. The van der Waals surface area contributed by atoms with Crippen LogP contribution in [0.25, 0.3) is 0 Å². The van der Waals surface area contributed by atoms with Gasteiger partial charge in [-0.2, -0.15) is 0 Å². The molecule has 1 amide bonds. The van der Waals surface area contributed by atoms with Gasteiger partial charge in [0.1, 0.15) is 0 Å². The molecule has 2 bridgehead atoms. The van der Waals surface area contributed by atoms with E-state index in [9.17, 15) is 4.79 Å². The van der Waals surface area contributed by atoms with Gasteiger partial charge in [-0.25, -0.2) is 0 Å². The number of rotatable bonds is 4. The maximum absolute atomic E-state index is 12.6. The molecule has 0 aliphatic carbocycles. The Bertz CT molecular complexity index is 734. The normalized spacial score (nSPS) is 28.9. The quantitative estimate of drug-likeness (QED) is 0.899. The van der Waals surface area contributed by atoms with Crippen molar-refractivity contribution in [3.05, 3.63) is 22.9 Å². The number of carbonyl (C=O) groups is 1. The maximum Gasteiger partial charge on any atom is 0.282 e. The summed E-state index contributed by atoms with van der Waals surface area (Å²) in [6.45, 7) is 6.33. The summed E-state index contributed by atoms with van der Waals surface area (Å²) in [5.74, 6) is 1.19. The number of nitrogens with zero attached hydrogens (tertiary/aromatic N) is 3. The minimum atomic E-state index is 0.0270. The number of amides is 1. The minimum absolute atomic E-state index is 0.0270. The van der Waals surface area contributed by atoms with Crippen molar-refractivity contribution in [3.8, 4) is 0 Å². The van der Waals surface area contributed by atoms with Crippen LogP contribution in [0, 0.1) is 12.8 Å². The predicted molar refractivity (Wildman–Crippen MR) is 92.5 cm³/mol. The molecule has 3 aliphatic heterocycles. The monoisotopic (exact) mass is 364 g/mol. The standard InChI is InChI=1S/C16H20N4O2S2/c1-9-14(11-5-7-20(9)8-6-11)17-15(21)12-3-4-13(23-12)24-16-19-18-10(2)22-16/h3-4,9,11,14H,5-8H2,1-2H3,(H,17,21). The Hall–Kier alpha value is -1.38. The van der Waals surface area contributed by atoms with Crippen molar-refractivity contribution in [2.24, 2.45) is 5.92 Å². The largest absolute Gasteiger partial charge is 0.416 e. The number of piperidine rings is 3. The molecule has 2 unspecified atom stereocenters. The van der Waals surface area contributed by atoms with Gasteiger partial charge in [-0.1, -0.05) is 0 Å². The summed E-state index contributed by atoms with van der Waals surface area (Å²) in [5, 5.41) is 11.6. The Kier molecular flexibility index (Phi) is 4.36. The first-order valence-electron chi connectivity index (χ1n) is 8.23. The van der Waals surface area contributed by atoms with Gasteiger partial charge in [0, 0.05) is 19.0 Å². The molecule has 2 atom stereocenters. The summed E-state index contributed by atoms with van der Waals surface area (Å²) in [4.78, 5) is 15.8. The molecular formula is C16H20N4O2S2. The van der Waals surface area contributed by atoms with Gasteiger partial charge in [0.05, 0.1) is 9.09 Å². The SMILES string of the molecule is Cc1nnc(Sc2ccc(C(=O)NC3C4CCN(CC4)C3C)s2)o1. The molecule has 8 heteroatoms. The van der Waals surface area contributed by atoms with Crippen LogP contribution < -0.4 is 5.32 Å². The van der Waals surface area contributed by atoms with Crippen LogP contribution in [0.4, 0.5) is 0 Å². The molecule has 0 spiro atoms. The fourth-order valence-corrected chi connectivity index (χ4v) is 5.51. The first kappa shape index (κ1) is 16.1. The molecule has 5 rings (SSSR count). The zero-order valence-corrected chi connectivity index (χ0v) is 15.3. The van der Waals surface area contributed by atoms with Crippen LogP contribution in [0.15, 0.2) is 26.0 Å². The van der Waals surface area contributed by atoms with E-state index < -0.39 is 0 Å². The lowest BCUT2D eigenvalue weighted by atomic mass is 9.79. The van der Waals surface area contributed by atoms with Crippen LogP contribution in [-0.2, 0) is 0 Å². The first-order valence-corrected chi connectivity index (χ1v) is 9.86. The van der Waals surface area contributed by atoms with Crippen LogP contribution in [-0.4, -0.2) is 46.2 Å². The molecule has 24 heavy (non-hydrogen) atoms. The number of hydrogen-bond donors (Lipinski definition) is 1. The Morgan fingerprint density at radius 1 is 1.38 bits per heavy atom. The Morgan fingerprint density at radius 3 is 2.83 bits per heavy atom. The maximum atomic E-state index is 12.6. The molecular weight excluding hydrogens is 344 g/mol. The van der Waals surface area contributed by atoms with Crippen LogP contribution >= 0.6 is 23.1 Å². The van der Waals surface area contributed by atoms with Gasteiger partial charge in [-0.05, 0) is 62.7 Å². The van der Waals surface area contributed by atoms with Gasteiger partial charge in [0.15, 0.2) is 0 Å². The fraction of sp³-hybridized carbons (Fsp3) is 0.562. The van der Waals surface area contributed by atoms with E-state index >= 15 is 0 Å². The molecule has 2 aromatic rings. The Balaban J connectivity index is 1.41. The topological polar surface area (TPSA) is 71.3 Å². The van der Waals surface area contributed by atoms with Gasteiger partial charge in [0.2, 0.25) is 5.89 Å². The average Bonchev–Trinajstić information content (AvgIpc) is 3.21. The smallest absolute Gasteiger partial charge is 0.282 e. The summed E-state index contributed by atoms with van der Waals surface area (Å²) < 4.78 is 6.35. The van der Waals surface area contributed by atoms with Gasteiger partial charge < -0.3 is 9.73 Å². The minimum Gasteiger partial charge on any atom is -0.416 e. The number of nitrogens with one attached hydrogen (secondary N) is 1. The van der Waals surface area contributed by atoms with Crippen molar-refractivity contribution in [2.45, 2.75) is 48.2 Å². The highest BCUT2D eigenvalue weighted by Gasteiger charge is 2.40. The van der Waals surface area contributed by atoms with E-state index in [2.05, 4.69) is 27.3 Å². The highest BCUT2D eigenvalue weighted by Crippen LogP contribution is 2.34. The van der Waals surface area contributed by atoms with Crippen LogP contribution in [0.2, 0.25) is 0 Å². The van der Waals surface area contributed by atoms with Crippen molar-refractivity contribution < 1.29 is 9.21 Å². The fourth-order valence-electron chi connectivity index (χ4n) is 3.67. The molecule has 3 aliphatic rings. The number of fused-ring (bicyclic) bond motifs is 3. The molecule has 128 valence electrons. The van der Waals surface area contributed by atoms with Crippen molar-refractivity contribution in [1.82, 2.24) is 20.4 Å². The van der Waals surface area contributed by atoms with E-state index in [0.29, 0.717) is 23.1 Å². The number of aromatic nitrogens is 2. The van der Waals surface area contributed by atoms with Gasteiger partial charge in [0.25, 0.3) is 11.1 Å². The van der Waals surface area contributed by atoms with Crippen molar-refractivity contribution in [1.29, 1.82) is 0 Å². The number of aryl methyl sites for hydroxylation is 1. The molecule has 0 saturated carbocycles. The lowest BCUT2D eigenvalue weighted by Crippen LogP contribution is -2.62. The predicted octanol–water partition coefficient (Wildman–Crippen LogP) is 2.80. The second kappa shape index (κ2) is 6.50. The highest BCUT2D eigenvalue weighted by molar-refractivity contribution is 8.01. The van der Waals surface area contributed by atoms with E-state index in [4.69, 9.17) is 4.42 Å². The Morgan fingerprint density at radius 2 is 2.17 bits per heavy atom. The van der Waals surface area contributed by atoms with E-state index in [1.165, 1.54) is 49.0 Å². The lowest BCUT2D eigenvalue weighted by Gasteiger charge is -2.49. The second-order valence-electron chi connectivity index (χ2n) is 6.42. The van der Waals surface area contributed by atoms with E-state index in [0.717, 1.165) is 9.09 Å². The third-order valence-electron chi connectivity index (χ3n) is 4.98. The molecule has 3 saturated heterocycles. The highest BCUT2D eigenvalue weighted by atomic mass is 32.2. The van der Waals surface area contributed by atoms with E-state index in [-0.39, 0.29) is 11.9 Å². The van der Waals surface area contributed by atoms with Gasteiger partial charge >= 0.3 is 0 Å². The molecule has 0 radical (unpaired) electrons. The van der Waals surface area contributed by atoms with Gasteiger partial charge in [-0.15, -0.1) is 21.5 Å². The zero-order chi connectivity index (χ0) is 16.7. The molecule has 1 N–H and O–H groups in total. The molecule has 2 aromatic heterocycles. The summed E-state index contributed by atoms with van der Waals surface area (Å²) in [6.07, 6.45) is 2.38. The Labute approximate surface area is 149 Å². The third kappa shape index (κ3) is 3.10. The van der Waals surface area contributed by atoms with Crippen LogP contribution in [0.5, 0.6) is 0 Å². The van der Waals surface area contributed by atoms with E-state index in [1.54, 1.807) is 6.92 Å². The second-order valence-corrected chi connectivity index (χ2v) is 8.76. The number of hydrogen-bond acceptors (Lipinski definition) is 7. The summed E-state index contributed by atoms with van der Waals surface area (Å²) in [7, 11) is 0. The third-order valence-corrected chi connectivity index (χ3v) is 7.03. The molecule has 6 nitrogen and oxygen atoms in total. The molecule has 5 heterocycles. The molecule has 3 fully saturated rings. The number of thiophene rings is 1. The van der Waals surface area contributed by atoms with Gasteiger partial charge in [-0.3, -0.25) is 9.69 Å². The molecule has 0 aromatic carbocycles. The zero-order valence-electron chi connectivity index (χ0n) is 13.7. The summed E-state index contributed by atoms with van der Waals surface area (Å²) in [5.41, 5.74) is 0. The average molecular weight is 364 g/mol. The van der Waals surface area contributed by atoms with Crippen molar-refractivity contribution in [2.75, 3.05) is 13.1 Å². The van der Waals surface area contributed by atoms with Crippen molar-refractivity contribution in [3.63, 3.8) is 0 Å².